The summed E-state index contributed by atoms with van der Waals surface area (Å²) in [6.45, 7) is 0. The molecule has 0 unspecified atom stereocenters. The van der Waals surface area contributed by atoms with Crippen molar-refractivity contribution in [1.82, 2.24) is 0 Å². The van der Waals surface area contributed by atoms with E-state index < -0.39 is 0 Å². The topological polar surface area (TPSA) is 24.7 Å². The van der Waals surface area contributed by atoms with Crippen molar-refractivity contribution in [3.8, 4) is 45.7 Å². The summed E-state index contributed by atoms with van der Waals surface area (Å²) in [6.07, 6.45) is 5.93. The van der Waals surface area contributed by atoms with Gasteiger partial charge in [-0.25, -0.2) is 0 Å². The maximum atomic E-state index is 5.93. The van der Waals surface area contributed by atoms with Gasteiger partial charge < -0.3 is 0 Å². The molecule has 0 saturated heterocycles. The van der Waals surface area contributed by atoms with Crippen LogP contribution in [0, 0.1) is 12.3 Å². The molecule has 2 heteroatoms. The summed E-state index contributed by atoms with van der Waals surface area (Å²) in [4.78, 5) is 0. The number of benzene rings is 5. The average Bonchev–Trinajstić information content (AvgIpc) is 2.93. The van der Waals surface area contributed by atoms with Gasteiger partial charge in [-0.3, -0.25) is 0 Å². The van der Waals surface area contributed by atoms with Crippen molar-refractivity contribution in [2.45, 2.75) is 0 Å². The fourth-order valence-corrected chi connectivity index (χ4v) is 4.09. The summed E-state index contributed by atoms with van der Waals surface area (Å²) in [5, 5.41) is 9.61. The van der Waals surface area contributed by atoms with Gasteiger partial charge in [0.05, 0.1) is 5.69 Å². The van der Waals surface area contributed by atoms with Gasteiger partial charge in [-0.05, 0) is 28.8 Å². The molecule has 0 bridgehead atoms. The molecule has 0 spiro atoms. The Morgan fingerprint density at radius 2 is 1.00 bits per heavy atom. The van der Waals surface area contributed by atoms with Crippen LogP contribution in [0.2, 0.25) is 0 Å². The third kappa shape index (κ3) is 4.28. The Bertz CT molecular complexity index is 1480. The van der Waals surface area contributed by atoms with Gasteiger partial charge in [-0.1, -0.05) is 121 Å². The molecule has 0 fully saturated rings. The highest BCUT2D eigenvalue weighted by Gasteiger charge is 2.16. The Labute approximate surface area is 200 Å². The van der Waals surface area contributed by atoms with Gasteiger partial charge in [0.1, 0.15) is 5.69 Å². The number of rotatable bonds is 5. The minimum atomic E-state index is 0.760. The smallest absolute Gasteiger partial charge is 0.103 e. The summed E-state index contributed by atoms with van der Waals surface area (Å²) >= 11 is 0. The quantitative estimate of drug-likeness (QED) is 0.195. The van der Waals surface area contributed by atoms with Crippen molar-refractivity contribution in [1.29, 1.82) is 0 Å². The Morgan fingerprint density at radius 3 is 1.62 bits per heavy atom. The first-order valence-corrected chi connectivity index (χ1v) is 11.2. The number of hydrogen-bond donors (Lipinski definition) is 0. The van der Waals surface area contributed by atoms with Crippen molar-refractivity contribution < 1.29 is 0 Å². The van der Waals surface area contributed by atoms with E-state index in [2.05, 4.69) is 48.4 Å². The van der Waals surface area contributed by atoms with Crippen LogP contribution in [0.1, 0.15) is 5.56 Å². The van der Waals surface area contributed by atoms with Crippen molar-refractivity contribution in [2.24, 2.45) is 10.2 Å². The normalized spacial score (nSPS) is 10.8. The third-order valence-corrected chi connectivity index (χ3v) is 5.73. The summed E-state index contributed by atoms with van der Waals surface area (Å²) in [7, 11) is 0. The largest absolute Gasteiger partial charge is 0.150 e. The summed E-state index contributed by atoms with van der Waals surface area (Å²) in [5.41, 5.74) is 8.45. The van der Waals surface area contributed by atoms with E-state index in [0.29, 0.717) is 0 Å². The monoisotopic (exact) mass is 434 g/mol. The van der Waals surface area contributed by atoms with Crippen LogP contribution in [0.15, 0.2) is 138 Å². The van der Waals surface area contributed by atoms with Gasteiger partial charge in [-0.2, -0.15) is 0 Å². The van der Waals surface area contributed by atoms with Gasteiger partial charge in [-0.15, -0.1) is 16.7 Å². The lowest BCUT2D eigenvalue weighted by Crippen LogP contribution is -1.89. The Morgan fingerprint density at radius 1 is 0.471 bits per heavy atom. The molecule has 0 atom stereocenters. The molecule has 5 rings (SSSR count). The van der Waals surface area contributed by atoms with Crippen molar-refractivity contribution in [3.05, 3.63) is 133 Å². The Hall–Kier alpha value is -4.74. The van der Waals surface area contributed by atoms with E-state index in [0.717, 1.165) is 50.3 Å². The molecule has 0 saturated carbocycles. The van der Waals surface area contributed by atoms with Crippen LogP contribution in [-0.2, 0) is 0 Å². The van der Waals surface area contributed by atoms with Crippen LogP contribution in [0.25, 0.3) is 33.4 Å². The Kier molecular flexibility index (Phi) is 6.10. The maximum Gasteiger partial charge on any atom is 0.103 e. The lowest BCUT2D eigenvalue weighted by molar-refractivity contribution is 1.23. The fraction of sp³-hybridized carbons (Fsp3) is 0. The van der Waals surface area contributed by atoms with E-state index >= 15 is 0 Å². The molecule has 34 heavy (non-hydrogen) atoms. The molecular formula is C32H22N2. The first-order chi connectivity index (χ1) is 16.8. The molecule has 5 aromatic rings. The zero-order valence-corrected chi connectivity index (χ0v) is 18.6. The minimum absolute atomic E-state index is 0.760. The van der Waals surface area contributed by atoms with Crippen molar-refractivity contribution in [3.63, 3.8) is 0 Å². The first kappa shape index (κ1) is 21.1. The van der Waals surface area contributed by atoms with Crippen LogP contribution in [-0.4, -0.2) is 0 Å². The van der Waals surface area contributed by atoms with Crippen molar-refractivity contribution >= 4 is 11.4 Å². The van der Waals surface area contributed by atoms with Gasteiger partial charge in [0.15, 0.2) is 0 Å². The molecule has 160 valence electrons. The van der Waals surface area contributed by atoms with Gasteiger partial charge in [0.25, 0.3) is 0 Å². The van der Waals surface area contributed by atoms with Gasteiger partial charge >= 0.3 is 0 Å². The highest BCUT2D eigenvalue weighted by atomic mass is 15.1. The summed E-state index contributed by atoms with van der Waals surface area (Å²) in [6, 6.07) is 42.7. The zero-order chi connectivity index (χ0) is 23.2. The van der Waals surface area contributed by atoms with E-state index in [4.69, 9.17) is 16.7 Å². The second kappa shape index (κ2) is 9.81. The molecule has 2 nitrogen and oxygen atoms in total. The lowest BCUT2D eigenvalue weighted by atomic mass is 9.92. The molecule has 0 heterocycles. The molecule has 0 N–H and O–H groups in total. The van der Waals surface area contributed by atoms with E-state index in [1.807, 2.05) is 84.9 Å². The highest BCUT2D eigenvalue weighted by Crippen LogP contribution is 2.42. The second-order valence-electron chi connectivity index (χ2n) is 7.84. The standard InChI is InChI=1S/C32H22N2/c1-2-24-22-23-29(26-16-8-4-9-17-26)32(31(24)27-18-10-5-11-19-27)34-33-30-21-13-12-20-28(30)25-14-6-3-7-15-25/h1,3-23H. The van der Waals surface area contributed by atoms with E-state index in [9.17, 15) is 0 Å². The number of azo groups is 1. The van der Waals surface area contributed by atoms with Crippen molar-refractivity contribution in [2.75, 3.05) is 0 Å². The first-order valence-electron chi connectivity index (χ1n) is 11.2. The van der Waals surface area contributed by atoms with Crippen LogP contribution in [0.5, 0.6) is 0 Å². The highest BCUT2D eigenvalue weighted by molar-refractivity contribution is 5.92. The van der Waals surface area contributed by atoms with Crippen LogP contribution < -0.4 is 0 Å². The number of terminal acetylenes is 1. The van der Waals surface area contributed by atoms with Gasteiger partial charge in [0, 0.05) is 22.3 Å². The minimum Gasteiger partial charge on any atom is -0.150 e. The maximum absolute atomic E-state index is 5.93. The molecule has 0 aromatic heterocycles. The van der Waals surface area contributed by atoms with Crippen LogP contribution in [0.4, 0.5) is 11.4 Å². The van der Waals surface area contributed by atoms with E-state index in [-0.39, 0.29) is 0 Å². The van der Waals surface area contributed by atoms with Gasteiger partial charge in [0.2, 0.25) is 0 Å². The third-order valence-electron chi connectivity index (χ3n) is 5.73. The summed E-state index contributed by atoms with van der Waals surface area (Å²) in [5.74, 6) is 2.85. The predicted molar refractivity (Wildman–Crippen MR) is 141 cm³/mol. The zero-order valence-electron chi connectivity index (χ0n) is 18.6. The molecule has 0 aliphatic heterocycles. The lowest BCUT2D eigenvalue weighted by Gasteiger charge is -2.14. The molecule has 0 aliphatic rings. The average molecular weight is 435 g/mol. The molecular weight excluding hydrogens is 412 g/mol. The number of hydrogen-bond acceptors (Lipinski definition) is 2. The fourth-order valence-electron chi connectivity index (χ4n) is 4.09. The van der Waals surface area contributed by atoms with E-state index in [1.165, 1.54) is 0 Å². The molecule has 0 aliphatic carbocycles. The SMILES string of the molecule is C#Cc1ccc(-c2ccccc2)c(N=Nc2ccccc2-c2ccccc2)c1-c1ccccc1. The van der Waals surface area contributed by atoms with E-state index in [1.54, 1.807) is 0 Å². The molecule has 0 amide bonds. The Balaban J connectivity index is 1.73. The molecule has 5 aromatic carbocycles. The van der Waals surface area contributed by atoms with Crippen LogP contribution in [0.3, 0.4) is 0 Å². The molecule has 0 radical (unpaired) electrons. The predicted octanol–water partition coefficient (Wildman–Crippen LogP) is 9.08. The van der Waals surface area contributed by atoms with Crippen LogP contribution >= 0.6 is 0 Å². The summed E-state index contributed by atoms with van der Waals surface area (Å²) < 4.78 is 0. The second-order valence-corrected chi connectivity index (χ2v) is 7.84. The number of nitrogens with zero attached hydrogens (tertiary/aromatic N) is 2.